The Morgan fingerprint density at radius 3 is 2.83 bits per heavy atom. The van der Waals surface area contributed by atoms with Crippen molar-refractivity contribution in [2.45, 2.75) is 25.9 Å². The first-order valence-corrected chi connectivity index (χ1v) is 7.31. The maximum absolute atomic E-state index is 10.6. The average Bonchev–Trinajstić information content (AvgIpc) is 2.74. The lowest BCUT2D eigenvalue weighted by atomic mass is 10.2. The number of thioether (sulfide) groups is 1. The molecule has 0 aliphatic carbocycles. The number of thiophene rings is 1. The molecule has 18 heavy (non-hydrogen) atoms. The van der Waals surface area contributed by atoms with E-state index in [1.165, 1.54) is 23.1 Å². The first-order chi connectivity index (χ1) is 8.52. The molecule has 1 aromatic heterocycles. The molecule has 0 aliphatic rings. The van der Waals surface area contributed by atoms with Crippen LogP contribution >= 0.6 is 23.1 Å². The lowest BCUT2D eigenvalue weighted by Gasteiger charge is -2.02. The van der Waals surface area contributed by atoms with Gasteiger partial charge in [-0.05, 0) is 17.9 Å². The topological polar surface area (TPSA) is 102 Å². The minimum atomic E-state index is -0.980. The van der Waals surface area contributed by atoms with Gasteiger partial charge in [-0.15, -0.1) is 11.3 Å². The zero-order valence-electron chi connectivity index (χ0n) is 10.1. The Balaban J connectivity index is 2.53. The van der Waals surface area contributed by atoms with Gasteiger partial charge in [0.15, 0.2) is 5.17 Å². The van der Waals surface area contributed by atoms with Crippen molar-refractivity contribution >= 4 is 34.2 Å². The fourth-order valence-corrected chi connectivity index (χ4v) is 2.72. The van der Waals surface area contributed by atoms with Gasteiger partial charge in [-0.1, -0.05) is 18.7 Å². The van der Waals surface area contributed by atoms with Crippen LogP contribution in [-0.2, 0) is 17.8 Å². The number of amidine groups is 1. The number of hydrogen-bond acceptors (Lipinski definition) is 5. The number of rotatable bonds is 6. The van der Waals surface area contributed by atoms with Gasteiger partial charge in [0.25, 0.3) is 0 Å². The number of aliphatic imine (C=N–C) groups is 1. The molecule has 1 rings (SSSR count). The molecule has 0 spiro atoms. The Labute approximate surface area is 114 Å². The SMILES string of the molecule is CCSC(N)=NCc1ccc(CC(N)C(=O)O)s1. The number of aliphatic carboxylic acids is 1. The van der Waals surface area contributed by atoms with Crippen molar-refractivity contribution in [1.82, 2.24) is 0 Å². The zero-order chi connectivity index (χ0) is 13.5. The Bertz CT molecular complexity index is 432. The number of carbonyl (C=O) groups is 1. The summed E-state index contributed by atoms with van der Waals surface area (Å²) in [6, 6.07) is 2.98. The Hall–Kier alpha value is -1.05. The Kier molecular flexibility index (Phi) is 6.17. The summed E-state index contributed by atoms with van der Waals surface area (Å²) in [5.74, 6) is -0.0788. The minimum absolute atomic E-state index is 0.350. The highest BCUT2D eigenvalue weighted by atomic mass is 32.2. The van der Waals surface area contributed by atoms with Crippen molar-refractivity contribution < 1.29 is 9.90 Å². The van der Waals surface area contributed by atoms with Crippen molar-refractivity contribution in [1.29, 1.82) is 0 Å². The summed E-state index contributed by atoms with van der Waals surface area (Å²) >= 11 is 3.03. The molecule has 0 aromatic carbocycles. The molecule has 0 aliphatic heterocycles. The van der Waals surface area contributed by atoms with E-state index in [1.54, 1.807) is 0 Å². The average molecular weight is 287 g/mol. The monoisotopic (exact) mass is 287 g/mol. The first kappa shape index (κ1) is 15.0. The van der Waals surface area contributed by atoms with Gasteiger partial charge in [0.2, 0.25) is 0 Å². The van der Waals surface area contributed by atoms with Gasteiger partial charge in [-0.25, -0.2) is 0 Å². The van der Waals surface area contributed by atoms with Crippen LogP contribution in [0.25, 0.3) is 0 Å². The van der Waals surface area contributed by atoms with Crippen LogP contribution in [0.15, 0.2) is 17.1 Å². The number of hydrogen-bond donors (Lipinski definition) is 3. The van der Waals surface area contributed by atoms with Gasteiger partial charge in [0, 0.05) is 16.2 Å². The molecule has 5 N–H and O–H groups in total. The highest BCUT2D eigenvalue weighted by molar-refractivity contribution is 8.13. The molecule has 1 atom stereocenters. The van der Waals surface area contributed by atoms with Gasteiger partial charge in [0.05, 0.1) is 6.54 Å². The van der Waals surface area contributed by atoms with E-state index in [9.17, 15) is 4.79 Å². The van der Waals surface area contributed by atoms with Gasteiger partial charge in [-0.3, -0.25) is 9.79 Å². The standard InChI is InChI=1S/C11H17N3O2S2/c1-2-17-11(13)14-6-8-4-3-7(18-8)5-9(12)10(15)16/h3-4,9H,2,5-6,12H2,1H3,(H2,13,14)(H,15,16). The van der Waals surface area contributed by atoms with Crippen LogP contribution < -0.4 is 11.5 Å². The van der Waals surface area contributed by atoms with E-state index in [4.69, 9.17) is 16.6 Å². The first-order valence-electron chi connectivity index (χ1n) is 5.51. The number of nitrogens with two attached hydrogens (primary N) is 2. The molecule has 0 amide bonds. The molecule has 0 bridgehead atoms. The fraction of sp³-hybridized carbons (Fsp3) is 0.455. The third-order valence-corrected chi connectivity index (χ3v) is 3.94. The number of nitrogens with zero attached hydrogens (tertiary/aromatic N) is 1. The molecule has 1 heterocycles. The van der Waals surface area contributed by atoms with Crippen LogP contribution in [0.1, 0.15) is 16.7 Å². The molecule has 0 saturated carbocycles. The fourth-order valence-electron chi connectivity index (χ4n) is 1.27. The maximum Gasteiger partial charge on any atom is 0.320 e. The summed E-state index contributed by atoms with van der Waals surface area (Å²) in [5.41, 5.74) is 11.2. The van der Waals surface area contributed by atoms with Gasteiger partial charge in [0.1, 0.15) is 6.04 Å². The summed E-state index contributed by atoms with van der Waals surface area (Å²) in [6.45, 7) is 2.55. The predicted molar refractivity (Wildman–Crippen MR) is 77.1 cm³/mol. The molecule has 1 unspecified atom stereocenters. The van der Waals surface area contributed by atoms with E-state index in [1.807, 2.05) is 19.1 Å². The van der Waals surface area contributed by atoms with Crippen LogP contribution in [0.3, 0.4) is 0 Å². The van der Waals surface area contributed by atoms with Crippen LogP contribution in [0.5, 0.6) is 0 Å². The molecule has 0 saturated heterocycles. The molecule has 0 fully saturated rings. The largest absolute Gasteiger partial charge is 0.480 e. The van der Waals surface area contributed by atoms with Crippen molar-refractivity contribution in [2.24, 2.45) is 16.5 Å². The third-order valence-electron chi connectivity index (χ3n) is 2.14. The van der Waals surface area contributed by atoms with E-state index >= 15 is 0 Å². The normalized spacial score (nSPS) is 13.6. The molecule has 1 aromatic rings. The van der Waals surface area contributed by atoms with E-state index in [2.05, 4.69) is 4.99 Å². The van der Waals surface area contributed by atoms with Crippen molar-refractivity contribution in [3.63, 3.8) is 0 Å². The predicted octanol–water partition coefficient (Wildman–Crippen LogP) is 1.27. The van der Waals surface area contributed by atoms with E-state index in [-0.39, 0.29) is 0 Å². The summed E-state index contributed by atoms with van der Waals surface area (Å²) in [4.78, 5) is 16.9. The molecule has 7 heteroatoms. The van der Waals surface area contributed by atoms with E-state index in [0.717, 1.165) is 15.5 Å². The molecule has 100 valence electrons. The van der Waals surface area contributed by atoms with E-state index in [0.29, 0.717) is 18.1 Å². The zero-order valence-corrected chi connectivity index (χ0v) is 11.8. The third kappa shape index (κ3) is 5.07. The van der Waals surface area contributed by atoms with E-state index < -0.39 is 12.0 Å². The van der Waals surface area contributed by atoms with Crippen LogP contribution in [-0.4, -0.2) is 28.0 Å². The molecule has 5 nitrogen and oxygen atoms in total. The van der Waals surface area contributed by atoms with Gasteiger partial charge >= 0.3 is 5.97 Å². The second kappa shape index (κ2) is 7.40. The summed E-state index contributed by atoms with van der Waals surface area (Å²) in [5, 5.41) is 9.30. The van der Waals surface area contributed by atoms with Crippen LogP contribution in [0.2, 0.25) is 0 Å². The van der Waals surface area contributed by atoms with Crippen LogP contribution in [0, 0.1) is 0 Å². The maximum atomic E-state index is 10.6. The van der Waals surface area contributed by atoms with Crippen molar-refractivity contribution in [3.05, 3.63) is 21.9 Å². The summed E-state index contributed by atoms with van der Waals surface area (Å²) < 4.78 is 0. The Morgan fingerprint density at radius 2 is 2.22 bits per heavy atom. The molecule has 0 radical (unpaired) electrons. The van der Waals surface area contributed by atoms with Gasteiger partial charge < -0.3 is 16.6 Å². The second-order valence-electron chi connectivity index (χ2n) is 3.60. The van der Waals surface area contributed by atoms with Crippen LogP contribution in [0.4, 0.5) is 0 Å². The van der Waals surface area contributed by atoms with Crippen molar-refractivity contribution in [3.8, 4) is 0 Å². The summed E-state index contributed by atoms with van der Waals surface area (Å²) in [6.07, 6.45) is 0.350. The molecular weight excluding hydrogens is 270 g/mol. The smallest absolute Gasteiger partial charge is 0.320 e. The van der Waals surface area contributed by atoms with Gasteiger partial charge in [-0.2, -0.15) is 0 Å². The number of carboxylic acid groups (broad SMARTS) is 1. The second-order valence-corrected chi connectivity index (χ2v) is 6.14. The lowest BCUT2D eigenvalue weighted by molar-refractivity contribution is -0.138. The van der Waals surface area contributed by atoms with Crippen molar-refractivity contribution in [2.75, 3.05) is 5.75 Å². The number of carboxylic acids is 1. The highest BCUT2D eigenvalue weighted by Gasteiger charge is 2.13. The molecular formula is C11H17N3O2S2. The lowest BCUT2D eigenvalue weighted by Crippen LogP contribution is -2.31. The quantitative estimate of drug-likeness (QED) is 0.540. The highest BCUT2D eigenvalue weighted by Crippen LogP contribution is 2.19. The summed E-state index contributed by atoms with van der Waals surface area (Å²) in [7, 11) is 0. The Morgan fingerprint density at radius 1 is 1.56 bits per heavy atom. The minimum Gasteiger partial charge on any atom is -0.480 e.